The zero-order chi connectivity index (χ0) is 14.3. The average molecular weight is 256 g/mol. The van der Waals surface area contributed by atoms with Gasteiger partial charge >= 0.3 is 12.1 Å². The van der Waals surface area contributed by atoms with Gasteiger partial charge in [-0.1, -0.05) is 26.0 Å². The molecule has 18 heavy (non-hydrogen) atoms. The molecule has 0 radical (unpaired) electrons. The Morgan fingerprint density at radius 1 is 1.17 bits per heavy atom. The molecule has 0 aliphatic heterocycles. The minimum atomic E-state index is -1.83. The molecule has 0 aromatic heterocycles. The number of phenols is 1. The maximum absolute atomic E-state index is 10.7. The van der Waals surface area contributed by atoms with Crippen molar-refractivity contribution >= 4 is 12.1 Å². The van der Waals surface area contributed by atoms with Crippen molar-refractivity contribution in [3.63, 3.8) is 0 Å². The highest BCUT2D eigenvalue weighted by Gasteiger charge is 2.13. The lowest BCUT2D eigenvalue weighted by molar-refractivity contribution is 0.0693. The van der Waals surface area contributed by atoms with Gasteiger partial charge in [0.1, 0.15) is 11.3 Å². The zero-order valence-electron chi connectivity index (χ0n) is 10.1. The van der Waals surface area contributed by atoms with Crippen molar-refractivity contribution in [2.75, 3.05) is 0 Å². The number of para-hydroxylation sites is 1. The molecule has 6 heteroatoms. The summed E-state index contributed by atoms with van der Waals surface area (Å²) in [6.07, 6.45) is -1.15. The van der Waals surface area contributed by atoms with Gasteiger partial charge in [-0.2, -0.15) is 0 Å². The van der Waals surface area contributed by atoms with E-state index in [0.717, 1.165) is 0 Å². The Bertz CT molecular complexity index is 421. The summed E-state index contributed by atoms with van der Waals surface area (Å²) in [7, 11) is 0. The molecule has 1 rings (SSSR count). The van der Waals surface area contributed by atoms with Gasteiger partial charge in [0.25, 0.3) is 0 Å². The monoisotopic (exact) mass is 256 g/mol. The molecule has 6 nitrogen and oxygen atoms in total. The molecule has 100 valence electrons. The molecule has 0 spiro atoms. The Morgan fingerprint density at radius 2 is 1.67 bits per heavy atom. The lowest BCUT2D eigenvalue weighted by atomic mass is 10.00. The standard InChI is InChI=1S/C11H14O3.CH2O3/c1-7(2)6-8-4-3-5-9(10(8)12)11(13)14;2-1(3)4/h3-5,7,12H,6H2,1-2H3,(H,13,14);(H2,2,3,4). The average Bonchev–Trinajstić information content (AvgIpc) is 2.19. The van der Waals surface area contributed by atoms with Gasteiger partial charge < -0.3 is 20.4 Å². The molecule has 0 saturated heterocycles. The van der Waals surface area contributed by atoms with E-state index in [2.05, 4.69) is 0 Å². The second-order valence-corrected chi connectivity index (χ2v) is 4.00. The van der Waals surface area contributed by atoms with Gasteiger partial charge in [-0.3, -0.25) is 0 Å². The molecule has 1 aromatic rings. The predicted octanol–water partition coefficient (Wildman–Crippen LogP) is 2.51. The molecule has 4 N–H and O–H groups in total. The first-order valence-corrected chi connectivity index (χ1v) is 5.21. The summed E-state index contributed by atoms with van der Waals surface area (Å²) >= 11 is 0. The van der Waals surface area contributed by atoms with Crippen molar-refractivity contribution in [2.24, 2.45) is 5.92 Å². The van der Waals surface area contributed by atoms with E-state index in [-0.39, 0.29) is 11.3 Å². The normalized spacial score (nSPS) is 9.50. The SMILES string of the molecule is CC(C)Cc1cccc(C(=O)O)c1O.O=C(O)O. The molecule has 0 unspecified atom stereocenters. The number of rotatable bonds is 3. The molecule has 0 atom stereocenters. The maximum Gasteiger partial charge on any atom is 0.503 e. The molecule has 0 aliphatic rings. The number of aromatic carboxylic acids is 1. The second-order valence-electron chi connectivity index (χ2n) is 4.00. The number of hydrogen-bond acceptors (Lipinski definition) is 3. The molecular formula is C12H16O6. The van der Waals surface area contributed by atoms with Crippen LogP contribution < -0.4 is 0 Å². The summed E-state index contributed by atoms with van der Waals surface area (Å²) in [5.74, 6) is -0.799. The summed E-state index contributed by atoms with van der Waals surface area (Å²) in [5, 5.41) is 32.3. The quantitative estimate of drug-likeness (QED) is 0.660. The highest BCUT2D eigenvalue weighted by atomic mass is 16.6. The summed E-state index contributed by atoms with van der Waals surface area (Å²) in [6, 6.07) is 4.81. The molecule has 0 bridgehead atoms. The first-order chi connectivity index (χ1) is 8.25. The van der Waals surface area contributed by atoms with E-state index in [0.29, 0.717) is 17.9 Å². The Morgan fingerprint density at radius 3 is 2.06 bits per heavy atom. The van der Waals surface area contributed by atoms with Crippen LogP contribution in [0.1, 0.15) is 29.8 Å². The molecule has 0 aliphatic carbocycles. The van der Waals surface area contributed by atoms with Gasteiger partial charge in [-0.15, -0.1) is 0 Å². The van der Waals surface area contributed by atoms with Crippen molar-refractivity contribution < 1.29 is 30.0 Å². The topological polar surface area (TPSA) is 115 Å². The van der Waals surface area contributed by atoms with Crippen LogP contribution in [0.15, 0.2) is 18.2 Å². The third kappa shape index (κ3) is 5.74. The smallest absolute Gasteiger partial charge is 0.503 e. The number of aromatic hydroxyl groups is 1. The van der Waals surface area contributed by atoms with Crippen LogP contribution in [0.2, 0.25) is 0 Å². The van der Waals surface area contributed by atoms with E-state index < -0.39 is 12.1 Å². The summed E-state index contributed by atoms with van der Waals surface area (Å²) in [6.45, 7) is 4.04. The van der Waals surface area contributed by atoms with Crippen LogP contribution >= 0.6 is 0 Å². The number of carbonyl (C=O) groups is 2. The van der Waals surface area contributed by atoms with Crippen molar-refractivity contribution in [1.29, 1.82) is 0 Å². The third-order valence-electron chi connectivity index (χ3n) is 1.98. The van der Waals surface area contributed by atoms with Crippen LogP contribution in [0.5, 0.6) is 5.75 Å². The minimum absolute atomic E-state index is 0.0249. The number of hydrogen-bond donors (Lipinski definition) is 4. The molecule has 0 saturated carbocycles. The largest absolute Gasteiger partial charge is 0.507 e. The third-order valence-corrected chi connectivity index (χ3v) is 1.98. The fourth-order valence-electron chi connectivity index (χ4n) is 1.37. The van der Waals surface area contributed by atoms with E-state index in [1.165, 1.54) is 6.07 Å². The Labute approximate surface area is 104 Å². The van der Waals surface area contributed by atoms with Gasteiger partial charge in [0, 0.05) is 0 Å². The van der Waals surface area contributed by atoms with Crippen molar-refractivity contribution in [1.82, 2.24) is 0 Å². The Hall–Kier alpha value is -2.24. The first kappa shape index (κ1) is 15.8. The van der Waals surface area contributed by atoms with E-state index >= 15 is 0 Å². The zero-order valence-corrected chi connectivity index (χ0v) is 10.1. The second kappa shape index (κ2) is 7.16. The Kier molecular flexibility index (Phi) is 6.27. The van der Waals surface area contributed by atoms with Gasteiger partial charge in [0.15, 0.2) is 0 Å². The molecule has 0 heterocycles. The van der Waals surface area contributed by atoms with Crippen molar-refractivity contribution in [3.05, 3.63) is 29.3 Å². The van der Waals surface area contributed by atoms with Crippen LogP contribution in [0, 0.1) is 5.92 Å². The van der Waals surface area contributed by atoms with Crippen molar-refractivity contribution in [2.45, 2.75) is 20.3 Å². The van der Waals surface area contributed by atoms with Gasteiger partial charge in [0.2, 0.25) is 0 Å². The summed E-state index contributed by atoms with van der Waals surface area (Å²) in [5.41, 5.74) is 0.669. The highest BCUT2D eigenvalue weighted by molar-refractivity contribution is 5.91. The number of carboxylic acids is 1. The molecular weight excluding hydrogens is 240 g/mol. The maximum atomic E-state index is 10.7. The van der Waals surface area contributed by atoms with E-state index in [1.807, 2.05) is 13.8 Å². The minimum Gasteiger partial charge on any atom is -0.507 e. The lowest BCUT2D eigenvalue weighted by Crippen LogP contribution is -2.01. The lowest BCUT2D eigenvalue weighted by Gasteiger charge is -2.08. The number of benzene rings is 1. The molecule has 0 fully saturated rings. The first-order valence-electron chi connectivity index (χ1n) is 5.21. The van der Waals surface area contributed by atoms with E-state index in [1.54, 1.807) is 12.1 Å². The summed E-state index contributed by atoms with van der Waals surface area (Å²) in [4.78, 5) is 19.3. The van der Waals surface area contributed by atoms with Crippen LogP contribution in [-0.4, -0.2) is 32.6 Å². The van der Waals surface area contributed by atoms with Crippen LogP contribution in [0.3, 0.4) is 0 Å². The van der Waals surface area contributed by atoms with Crippen LogP contribution in [0.25, 0.3) is 0 Å². The van der Waals surface area contributed by atoms with E-state index in [4.69, 9.17) is 20.1 Å². The van der Waals surface area contributed by atoms with E-state index in [9.17, 15) is 9.90 Å². The van der Waals surface area contributed by atoms with Gasteiger partial charge in [0.05, 0.1) is 0 Å². The van der Waals surface area contributed by atoms with Crippen LogP contribution in [-0.2, 0) is 6.42 Å². The fourth-order valence-corrected chi connectivity index (χ4v) is 1.37. The predicted molar refractivity (Wildman–Crippen MR) is 64.3 cm³/mol. The van der Waals surface area contributed by atoms with Crippen LogP contribution in [0.4, 0.5) is 4.79 Å². The Balaban J connectivity index is 0.000000631. The fraction of sp³-hybridized carbons (Fsp3) is 0.333. The highest BCUT2D eigenvalue weighted by Crippen LogP contribution is 2.24. The number of carboxylic acid groups (broad SMARTS) is 3. The molecule has 0 amide bonds. The van der Waals surface area contributed by atoms with Gasteiger partial charge in [-0.05, 0) is 24.0 Å². The van der Waals surface area contributed by atoms with Crippen molar-refractivity contribution in [3.8, 4) is 5.75 Å². The summed E-state index contributed by atoms with van der Waals surface area (Å²) < 4.78 is 0. The van der Waals surface area contributed by atoms with Gasteiger partial charge in [-0.25, -0.2) is 9.59 Å². The molecule has 1 aromatic carbocycles.